The average Bonchev–Trinajstić information content (AvgIpc) is 3.35. The molecule has 2 aromatic heterocycles. The standard InChI is InChI=1S/C22H21N5O2/c1-15(28)21-25-8-9-27(21)13-19-10-20(29-26-19)18-6-4-16(5-7-18)2-3-17-11-22(24,12-17)14-23/h4-10,15,17,28H,11-13,24H2,1H3. The van der Waals surface area contributed by atoms with Crippen molar-refractivity contribution in [2.75, 3.05) is 0 Å². The second-order valence-electron chi connectivity index (χ2n) is 7.49. The van der Waals surface area contributed by atoms with E-state index in [0.717, 1.165) is 16.8 Å². The maximum atomic E-state index is 9.76. The van der Waals surface area contributed by atoms with Gasteiger partial charge in [-0.15, -0.1) is 0 Å². The smallest absolute Gasteiger partial charge is 0.167 e. The molecular weight excluding hydrogens is 366 g/mol. The van der Waals surface area contributed by atoms with E-state index in [-0.39, 0.29) is 5.92 Å². The predicted molar refractivity (Wildman–Crippen MR) is 106 cm³/mol. The zero-order valence-electron chi connectivity index (χ0n) is 16.0. The Balaban J connectivity index is 1.41. The van der Waals surface area contributed by atoms with Crippen LogP contribution in [0.15, 0.2) is 47.2 Å². The van der Waals surface area contributed by atoms with Gasteiger partial charge in [-0.1, -0.05) is 17.0 Å². The molecule has 4 rings (SSSR count). The Kier molecular flexibility index (Phi) is 4.94. The second-order valence-corrected chi connectivity index (χ2v) is 7.49. The third-order valence-corrected chi connectivity index (χ3v) is 5.05. The zero-order chi connectivity index (χ0) is 20.4. The summed E-state index contributed by atoms with van der Waals surface area (Å²) < 4.78 is 7.31. The summed E-state index contributed by atoms with van der Waals surface area (Å²) in [5.74, 6) is 7.77. The Bertz CT molecular complexity index is 1100. The lowest BCUT2D eigenvalue weighted by Crippen LogP contribution is -2.50. The van der Waals surface area contributed by atoms with E-state index in [1.807, 2.05) is 34.9 Å². The molecule has 1 saturated carbocycles. The number of imidazole rings is 1. The fourth-order valence-corrected chi connectivity index (χ4v) is 3.44. The molecule has 0 spiro atoms. The highest BCUT2D eigenvalue weighted by molar-refractivity contribution is 5.59. The van der Waals surface area contributed by atoms with Crippen molar-refractivity contribution >= 4 is 0 Å². The largest absolute Gasteiger partial charge is 0.385 e. The number of aliphatic hydroxyl groups is 1. The molecule has 0 aliphatic heterocycles. The fourth-order valence-electron chi connectivity index (χ4n) is 3.44. The summed E-state index contributed by atoms with van der Waals surface area (Å²) in [5, 5.41) is 22.8. The molecular formula is C22H21N5O2. The van der Waals surface area contributed by atoms with Gasteiger partial charge in [0.25, 0.3) is 0 Å². The molecule has 3 aromatic rings. The van der Waals surface area contributed by atoms with Crippen molar-refractivity contribution in [3.05, 3.63) is 59.8 Å². The van der Waals surface area contributed by atoms with E-state index >= 15 is 0 Å². The van der Waals surface area contributed by atoms with E-state index in [9.17, 15) is 5.11 Å². The molecule has 29 heavy (non-hydrogen) atoms. The number of nitrogens with zero attached hydrogens (tertiary/aromatic N) is 4. The van der Waals surface area contributed by atoms with Gasteiger partial charge in [0.1, 0.15) is 23.2 Å². The number of hydrogen-bond acceptors (Lipinski definition) is 6. The van der Waals surface area contributed by atoms with Gasteiger partial charge in [-0.2, -0.15) is 5.26 Å². The molecule has 1 fully saturated rings. The van der Waals surface area contributed by atoms with Crippen molar-refractivity contribution in [3.8, 4) is 29.2 Å². The summed E-state index contributed by atoms with van der Waals surface area (Å²) in [4.78, 5) is 4.16. The zero-order valence-corrected chi connectivity index (χ0v) is 16.0. The van der Waals surface area contributed by atoms with Crippen LogP contribution in [0.3, 0.4) is 0 Å². The first-order chi connectivity index (χ1) is 14.0. The molecule has 0 bridgehead atoms. The van der Waals surface area contributed by atoms with Gasteiger partial charge in [-0.05, 0) is 44.0 Å². The van der Waals surface area contributed by atoms with Gasteiger partial charge >= 0.3 is 0 Å². The molecule has 2 heterocycles. The Hall–Kier alpha value is -3.39. The summed E-state index contributed by atoms with van der Waals surface area (Å²) in [6, 6.07) is 11.8. The SMILES string of the molecule is CC(O)c1nccn1Cc1cc(-c2ccc(C#CC3CC(N)(C#N)C3)cc2)on1. The van der Waals surface area contributed by atoms with Crippen LogP contribution < -0.4 is 5.73 Å². The number of hydrogen-bond donors (Lipinski definition) is 2. The highest BCUT2D eigenvalue weighted by Gasteiger charge is 2.40. The molecule has 0 radical (unpaired) electrons. The molecule has 0 saturated heterocycles. The van der Waals surface area contributed by atoms with E-state index in [1.54, 1.807) is 19.3 Å². The van der Waals surface area contributed by atoms with Crippen LogP contribution in [-0.4, -0.2) is 25.4 Å². The molecule has 1 unspecified atom stereocenters. The summed E-state index contributed by atoms with van der Waals surface area (Å²) in [6.07, 6.45) is 4.06. The van der Waals surface area contributed by atoms with E-state index in [1.165, 1.54) is 0 Å². The highest BCUT2D eigenvalue weighted by Crippen LogP contribution is 2.34. The average molecular weight is 387 g/mol. The molecule has 146 valence electrons. The summed E-state index contributed by atoms with van der Waals surface area (Å²) >= 11 is 0. The number of nitrogens with two attached hydrogens (primary N) is 1. The lowest BCUT2D eigenvalue weighted by atomic mass is 9.70. The summed E-state index contributed by atoms with van der Waals surface area (Å²) in [6.45, 7) is 2.15. The quantitative estimate of drug-likeness (QED) is 0.665. The molecule has 1 aromatic carbocycles. The summed E-state index contributed by atoms with van der Waals surface area (Å²) in [5.41, 5.74) is 7.71. The van der Waals surface area contributed by atoms with Crippen molar-refractivity contribution in [1.29, 1.82) is 5.26 Å². The van der Waals surface area contributed by atoms with Gasteiger partial charge in [0.15, 0.2) is 5.76 Å². The first-order valence-corrected chi connectivity index (χ1v) is 9.42. The third kappa shape index (κ3) is 4.07. The number of aromatic nitrogens is 3. The molecule has 1 aliphatic rings. The first kappa shape index (κ1) is 18.9. The number of rotatable bonds is 4. The van der Waals surface area contributed by atoms with E-state index in [4.69, 9.17) is 15.5 Å². The number of nitriles is 1. The van der Waals surface area contributed by atoms with Gasteiger partial charge in [-0.25, -0.2) is 4.98 Å². The van der Waals surface area contributed by atoms with Crippen molar-refractivity contribution in [2.24, 2.45) is 11.7 Å². The van der Waals surface area contributed by atoms with Crippen LogP contribution in [0, 0.1) is 29.1 Å². The molecule has 1 aliphatic carbocycles. The predicted octanol–water partition coefficient (Wildman–Crippen LogP) is 2.62. The Morgan fingerprint density at radius 3 is 2.83 bits per heavy atom. The lowest BCUT2D eigenvalue weighted by molar-refractivity contribution is 0.184. The maximum Gasteiger partial charge on any atom is 0.167 e. The van der Waals surface area contributed by atoms with E-state index < -0.39 is 11.6 Å². The van der Waals surface area contributed by atoms with Gasteiger partial charge < -0.3 is 19.9 Å². The van der Waals surface area contributed by atoms with Crippen molar-refractivity contribution in [2.45, 2.75) is 38.0 Å². The van der Waals surface area contributed by atoms with Crippen molar-refractivity contribution in [3.63, 3.8) is 0 Å². The number of aliphatic hydroxyl groups excluding tert-OH is 1. The minimum atomic E-state index is -0.695. The number of benzene rings is 1. The van der Waals surface area contributed by atoms with Crippen LogP contribution in [0.2, 0.25) is 0 Å². The molecule has 0 amide bonds. The molecule has 3 N–H and O–H groups in total. The Morgan fingerprint density at radius 1 is 1.38 bits per heavy atom. The summed E-state index contributed by atoms with van der Waals surface area (Å²) in [7, 11) is 0. The topological polar surface area (TPSA) is 114 Å². The lowest BCUT2D eigenvalue weighted by Gasteiger charge is -2.36. The van der Waals surface area contributed by atoms with Crippen LogP contribution in [0.1, 0.15) is 43.0 Å². The van der Waals surface area contributed by atoms with Crippen molar-refractivity contribution < 1.29 is 9.63 Å². The van der Waals surface area contributed by atoms with Crippen molar-refractivity contribution in [1.82, 2.24) is 14.7 Å². The first-order valence-electron chi connectivity index (χ1n) is 9.42. The molecule has 7 heteroatoms. The normalized spacial score (nSPS) is 21.5. The third-order valence-electron chi connectivity index (χ3n) is 5.05. The minimum absolute atomic E-state index is 0.186. The second kappa shape index (κ2) is 7.56. The van der Waals surface area contributed by atoms with Crippen LogP contribution in [0.25, 0.3) is 11.3 Å². The monoisotopic (exact) mass is 387 g/mol. The highest BCUT2D eigenvalue weighted by atomic mass is 16.5. The van der Waals surface area contributed by atoms with Gasteiger partial charge in [0.05, 0.1) is 12.6 Å². The van der Waals surface area contributed by atoms with Crippen LogP contribution in [0.4, 0.5) is 0 Å². The van der Waals surface area contributed by atoms with Crippen LogP contribution in [0.5, 0.6) is 0 Å². The van der Waals surface area contributed by atoms with Gasteiger partial charge in [0, 0.05) is 35.5 Å². The molecule has 7 nitrogen and oxygen atoms in total. The molecule has 1 atom stereocenters. The minimum Gasteiger partial charge on any atom is -0.385 e. The fraction of sp³-hybridized carbons (Fsp3) is 0.318. The van der Waals surface area contributed by atoms with E-state index in [0.29, 0.717) is 31.0 Å². The maximum absolute atomic E-state index is 9.76. The van der Waals surface area contributed by atoms with Crippen LogP contribution >= 0.6 is 0 Å². The Labute approximate surface area is 168 Å². The Morgan fingerprint density at radius 2 is 2.14 bits per heavy atom. The van der Waals surface area contributed by atoms with Gasteiger partial charge in [0.2, 0.25) is 0 Å². The van der Waals surface area contributed by atoms with Crippen LogP contribution in [-0.2, 0) is 6.54 Å². The van der Waals surface area contributed by atoms with E-state index in [2.05, 4.69) is 28.1 Å². The van der Waals surface area contributed by atoms with Gasteiger partial charge in [-0.3, -0.25) is 0 Å².